The number of amides is 1. The number of aromatic nitrogens is 2. The number of aromatic amines is 1. The molecule has 0 aliphatic carbocycles. The summed E-state index contributed by atoms with van der Waals surface area (Å²) in [5, 5.41) is 10.5. The molecule has 3 aromatic rings. The maximum atomic E-state index is 12.1. The van der Waals surface area contributed by atoms with Crippen LogP contribution in [0.25, 0.3) is 10.9 Å². The Morgan fingerprint density at radius 1 is 1.14 bits per heavy atom. The second-order valence-corrected chi connectivity index (χ2v) is 4.49. The Balaban J connectivity index is 1.68. The van der Waals surface area contributed by atoms with Crippen LogP contribution in [0.5, 0.6) is 0 Å². The zero-order valence-corrected chi connectivity index (χ0v) is 11.3. The van der Waals surface area contributed by atoms with Gasteiger partial charge in [-0.2, -0.15) is 5.10 Å². The van der Waals surface area contributed by atoms with E-state index in [2.05, 4.69) is 27.4 Å². The maximum Gasteiger partial charge on any atom is 0.254 e. The number of benzene rings is 2. The van der Waals surface area contributed by atoms with Crippen molar-refractivity contribution in [3.8, 4) is 11.8 Å². The van der Waals surface area contributed by atoms with Crippen molar-refractivity contribution < 1.29 is 4.79 Å². The molecule has 0 fully saturated rings. The van der Waals surface area contributed by atoms with Crippen molar-refractivity contribution >= 4 is 16.8 Å². The van der Waals surface area contributed by atoms with E-state index in [1.54, 1.807) is 12.3 Å². The lowest BCUT2D eigenvalue weighted by molar-refractivity contribution is 0.0960. The number of nitrogens with one attached hydrogen (secondary N) is 2. The molecule has 0 atom stereocenters. The molecule has 0 saturated carbocycles. The normalized spacial score (nSPS) is 9.90. The van der Waals surface area contributed by atoms with Crippen LogP contribution in [-0.4, -0.2) is 22.6 Å². The molecule has 1 heterocycles. The maximum absolute atomic E-state index is 12.1. The second kappa shape index (κ2) is 5.93. The third-order valence-corrected chi connectivity index (χ3v) is 3.07. The van der Waals surface area contributed by atoms with E-state index in [1.165, 1.54) is 0 Å². The fourth-order valence-electron chi connectivity index (χ4n) is 2.05. The summed E-state index contributed by atoms with van der Waals surface area (Å²) in [5.74, 6) is 5.78. The van der Waals surface area contributed by atoms with Gasteiger partial charge in [0.2, 0.25) is 0 Å². The molecule has 0 spiro atoms. The minimum absolute atomic E-state index is 0.160. The Kier molecular flexibility index (Phi) is 3.66. The van der Waals surface area contributed by atoms with Crippen LogP contribution >= 0.6 is 0 Å². The van der Waals surface area contributed by atoms with Crippen molar-refractivity contribution in [1.82, 2.24) is 15.5 Å². The molecular formula is C17H13N3O. The zero-order chi connectivity index (χ0) is 14.5. The Morgan fingerprint density at radius 2 is 2.00 bits per heavy atom. The van der Waals surface area contributed by atoms with E-state index in [0.29, 0.717) is 12.1 Å². The third-order valence-electron chi connectivity index (χ3n) is 3.07. The van der Waals surface area contributed by atoms with Gasteiger partial charge in [0.25, 0.3) is 5.91 Å². The molecule has 0 unspecified atom stereocenters. The van der Waals surface area contributed by atoms with Crippen molar-refractivity contribution in [3.63, 3.8) is 0 Å². The van der Waals surface area contributed by atoms with Gasteiger partial charge in [-0.15, -0.1) is 0 Å². The number of carbonyl (C=O) groups is 1. The van der Waals surface area contributed by atoms with Gasteiger partial charge in [0.15, 0.2) is 0 Å². The van der Waals surface area contributed by atoms with Crippen molar-refractivity contribution in [2.45, 2.75) is 0 Å². The molecule has 0 bridgehead atoms. The molecule has 102 valence electrons. The first kappa shape index (κ1) is 12.9. The summed E-state index contributed by atoms with van der Waals surface area (Å²) in [6, 6.07) is 15.2. The largest absolute Gasteiger partial charge is 0.341 e. The molecule has 1 aromatic heterocycles. The molecule has 4 nitrogen and oxygen atoms in total. The fraction of sp³-hybridized carbons (Fsp3) is 0.0588. The monoisotopic (exact) mass is 275 g/mol. The highest BCUT2D eigenvalue weighted by Gasteiger charge is 2.09. The molecule has 2 N–H and O–H groups in total. The van der Waals surface area contributed by atoms with Gasteiger partial charge in [0.05, 0.1) is 23.8 Å². The first-order chi connectivity index (χ1) is 10.3. The van der Waals surface area contributed by atoms with Crippen LogP contribution in [-0.2, 0) is 0 Å². The molecule has 0 aliphatic heterocycles. The Hall–Kier alpha value is -3.06. The van der Waals surface area contributed by atoms with Gasteiger partial charge in [-0.3, -0.25) is 9.89 Å². The Bertz CT molecular complexity index is 825. The number of fused-ring (bicyclic) bond motifs is 1. The standard InChI is InChI=1S/C17H13N3O/c21-17(15-10-4-9-14-12-19-20-16(14)15)18-11-5-8-13-6-2-1-3-7-13/h1-4,6-7,9-10,12H,11H2,(H,18,21)(H,19,20). The van der Waals surface area contributed by atoms with Crippen molar-refractivity contribution in [2.75, 3.05) is 6.54 Å². The minimum Gasteiger partial charge on any atom is -0.341 e. The third kappa shape index (κ3) is 2.93. The van der Waals surface area contributed by atoms with E-state index in [0.717, 1.165) is 16.5 Å². The average molecular weight is 275 g/mol. The summed E-state index contributed by atoms with van der Waals surface area (Å²) in [7, 11) is 0. The van der Waals surface area contributed by atoms with E-state index in [1.807, 2.05) is 42.5 Å². The summed E-state index contributed by atoms with van der Waals surface area (Å²) >= 11 is 0. The summed E-state index contributed by atoms with van der Waals surface area (Å²) in [6.45, 7) is 0.304. The van der Waals surface area contributed by atoms with E-state index < -0.39 is 0 Å². The number of carbonyl (C=O) groups excluding carboxylic acids is 1. The lowest BCUT2D eigenvalue weighted by atomic mass is 10.1. The minimum atomic E-state index is -0.160. The van der Waals surface area contributed by atoms with Crippen molar-refractivity contribution in [3.05, 3.63) is 65.9 Å². The van der Waals surface area contributed by atoms with E-state index in [4.69, 9.17) is 0 Å². The molecule has 0 radical (unpaired) electrons. The van der Waals surface area contributed by atoms with Crippen LogP contribution in [0.15, 0.2) is 54.7 Å². The summed E-state index contributed by atoms with van der Waals surface area (Å²) in [5.41, 5.74) is 2.25. The first-order valence-electron chi connectivity index (χ1n) is 6.59. The molecule has 0 saturated heterocycles. The Labute approximate surface area is 122 Å². The number of rotatable bonds is 2. The topological polar surface area (TPSA) is 57.8 Å². The van der Waals surface area contributed by atoms with Gasteiger partial charge < -0.3 is 5.32 Å². The van der Waals surface area contributed by atoms with Crippen LogP contribution in [0.2, 0.25) is 0 Å². The van der Waals surface area contributed by atoms with Gasteiger partial charge in [0, 0.05) is 10.9 Å². The molecule has 4 heteroatoms. The van der Waals surface area contributed by atoms with Crippen LogP contribution in [0.4, 0.5) is 0 Å². The number of H-pyrrole nitrogens is 1. The van der Waals surface area contributed by atoms with Gasteiger partial charge in [-0.05, 0) is 18.2 Å². The van der Waals surface area contributed by atoms with E-state index >= 15 is 0 Å². The lowest BCUT2D eigenvalue weighted by Gasteiger charge is -2.02. The molecule has 1 amide bonds. The van der Waals surface area contributed by atoms with Crippen LogP contribution in [0, 0.1) is 11.8 Å². The van der Waals surface area contributed by atoms with Gasteiger partial charge >= 0.3 is 0 Å². The zero-order valence-electron chi connectivity index (χ0n) is 11.3. The summed E-state index contributed by atoms with van der Waals surface area (Å²) < 4.78 is 0. The number of hydrogen-bond acceptors (Lipinski definition) is 2. The predicted octanol–water partition coefficient (Wildman–Crippen LogP) is 2.34. The molecule has 0 aliphatic rings. The van der Waals surface area contributed by atoms with Crippen LogP contribution in [0.1, 0.15) is 15.9 Å². The van der Waals surface area contributed by atoms with Gasteiger partial charge in [0.1, 0.15) is 0 Å². The Morgan fingerprint density at radius 3 is 2.86 bits per heavy atom. The second-order valence-electron chi connectivity index (χ2n) is 4.49. The number of hydrogen-bond donors (Lipinski definition) is 2. The molecule has 3 rings (SSSR count). The van der Waals surface area contributed by atoms with Crippen LogP contribution in [0.3, 0.4) is 0 Å². The van der Waals surface area contributed by atoms with E-state index in [9.17, 15) is 4.79 Å². The predicted molar refractivity (Wildman–Crippen MR) is 81.7 cm³/mol. The highest BCUT2D eigenvalue weighted by molar-refractivity contribution is 6.05. The quantitative estimate of drug-likeness (QED) is 0.705. The highest BCUT2D eigenvalue weighted by Crippen LogP contribution is 2.15. The first-order valence-corrected chi connectivity index (χ1v) is 6.59. The van der Waals surface area contributed by atoms with Gasteiger partial charge in [-0.1, -0.05) is 42.2 Å². The number of nitrogens with zero attached hydrogens (tertiary/aromatic N) is 1. The van der Waals surface area contributed by atoms with Crippen molar-refractivity contribution in [2.24, 2.45) is 0 Å². The molecule has 2 aromatic carbocycles. The molecular weight excluding hydrogens is 262 g/mol. The SMILES string of the molecule is O=C(NCC#Cc1ccccc1)c1cccc2cn[nH]c12. The highest BCUT2D eigenvalue weighted by atomic mass is 16.1. The lowest BCUT2D eigenvalue weighted by Crippen LogP contribution is -2.23. The molecule has 21 heavy (non-hydrogen) atoms. The fourth-order valence-corrected chi connectivity index (χ4v) is 2.05. The van der Waals surface area contributed by atoms with E-state index in [-0.39, 0.29) is 5.91 Å². The summed E-state index contributed by atoms with van der Waals surface area (Å²) in [4.78, 5) is 12.1. The summed E-state index contributed by atoms with van der Waals surface area (Å²) in [6.07, 6.45) is 1.70. The number of para-hydroxylation sites is 1. The van der Waals surface area contributed by atoms with Crippen molar-refractivity contribution in [1.29, 1.82) is 0 Å². The van der Waals surface area contributed by atoms with Crippen LogP contribution < -0.4 is 5.32 Å². The van der Waals surface area contributed by atoms with Gasteiger partial charge in [-0.25, -0.2) is 0 Å². The smallest absolute Gasteiger partial charge is 0.254 e. The average Bonchev–Trinajstić information content (AvgIpc) is 3.01.